The molecule has 21 heavy (non-hydrogen) atoms. The van der Waals surface area contributed by atoms with E-state index >= 15 is 0 Å². The van der Waals surface area contributed by atoms with Crippen molar-refractivity contribution < 1.29 is 0 Å². The Bertz CT molecular complexity index is 737. The highest BCUT2D eigenvalue weighted by atomic mass is 32.1. The van der Waals surface area contributed by atoms with Gasteiger partial charge in [-0.25, -0.2) is 15.0 Å². The molecule has 3 aromatic rings. The molecule has 0 aliphatic carbocycles. The second-order valence-electron chi connectivity index (χ2n) is 5.24. The van der Waals surface area contributed by atoms with Crippen LogP contribution in [-0.4, -0.2) is 45.6 Å². The number of rotatable bonds is 2. The van der Waals surface area contributed by atoms with Gasteiger partial charge in [-0.1, -0.05) is 0 Å². The molecule has 0 spiro atoms. The van der Waals surface area contributed by atoms with E-state index in [9.17, 15) is 0 Å². The van der Waals surface area contributed by atoms with Crippen molar-refractivity contribution in [1.29, 1.82) is 0 Å². The summed E-state index contributed by atoms with van der Waals surface area (Å²) in [5.74, 6) is 1.02. The Kier molecular flexibility index (Phi) is 2.99. The van der Waals surface area contributed by atoms with Crippen molar-refractivity contribution in [3.8, 4) is 0 Å². The summed E-state index contributed by atoms with van der Waals surface area (Å²) in [5.41, 5.74) is 0.898. The fourth-order valence-electron chi connectivity index (χ4n) is 2.90. The first-order valence-corrected chi connectivity index (χ1v) is 7.90. The van der Waals surface area contributed by atoms with E-state index in [4.69, 9.17) is 0 Å². The van der Waals surface area contributed by atoms with Crippen LogP contribution in [0.15, 0.2) is 30.2 Å². The number of anilines is 2. The SMILES string of the molecule is CC1CN(c2ncnc3[nH]ccc23)CCN1c1nccs1. The van der Waals surface area contributed by atoms with Gasteiger partial charge in [-0.05, 0) is 13.0 Å². The van der Waals surface area contributed by atoms with E-state index in [1.54, 1.807) is 17.7 Å². The molecule has 4 rings (SSSR count). The highest BCUT2D eigenvalue weighted by Gasteiger charge is 2.27. The van der Waals surface area contributed by atoms with Gasteiger partial charge >= 0.3 is 0 Å². The summed E-state index contributed by atoms with van der Waals surface area (Å²) in [7, 11) is 0. The van der Waals surface area contributed by atoms with Crippen molar-refractivity contribution in [3.63, 3.8) is 0 Å². The zero-order valence-electron chi connectivity index (χ0n) is 11.7. The topological polar surface area (TPSA) is 60.9 Å². The molecule has 1 aliphatic rings. The van der Waals surface area contributed by atoms with E-state index in [0.29, 0.717) is 6.04 Å². The molecule has 0 aromatic carbocycles. The Labute approximate surface area is 126 Å². The lowest BCUT2D eigenvalue weighted by atomic mass is 10.2. The molecular weight excluding hydrogens is 284 g/mol. The molecule has 1 unspecified atom stereocenters. The van der Waals surface area contributed by atoms with Crippen molar-refractivity contribution in [3.05, 3.63) is 30.2 Å². The lowest BCUT2D eigenvalue weighted by Gasteiger charge is -2.40. The number of hydrogen-bond donors (Lipinski definition) is 1. The van der Waals surface area contributed by atoms with Crippen LogP contribution in [0.3, 0.4) is 0 Å². The molecule has 0 radical (unpaired) electrons. The Morgan fingerprint density at radius 1 is 1.29 bits per heavy atom. The fourth-order valence-corrected chi connectivity index (χ4v) is 3.67. The average molecular weight is 300 g/mol. The van der Waals surface area contributed by atoms with E-state index in [1.165, 1.54) is 0 Å². The highest BCUT2D eigenvalue weighted by molar-refractivity contribution is 7.13. The van der Waals surface area contributed by atoms with E-state index in [1.807, 2.05) is 23.8 Å². The molecular formula is C14H16N6S. The molecule has 3 aromatic heterocycles. The number of aromatic amines is 1. The molecule has 0 saturated carbocycles. The number of thiazole rings is 1. The minimum absolute atomic E-state index is 0.411. The molecule has 108 valence electrons. The van der Waals surface area contributed by atoms with Crippen molar-refractivity contribution in [2.75, 3.05) is 29.4 Å². The van der Waals surface area contributed by atoms with Crippen LogP contribution in [0.5, 0.6) is 0 Å². The summed E-state index contributed by atoms with van der Waals surface area (Å²) in [6.07, 6.45) is 5.41. The summed E-state index contributed by atoms with van der Waals surface area (Å²) in [5, 5.41) is 4.23. The highest BCUT2D eigenvalue weighted by Crippen LogP contribution is 2.27. The average Bonchev–Trinajstić information content (AvgIpc) is 3.17. The van der Waals surface area contributed by atoms with Gasteiger partial charge < -0.3 is 14.8 Å². The minimum Gasteiger partial charge on any atom is -0.352 e. The van der Waals surface area contributed by atoms with Crippen LogP contribution in [0.4, 0.5) is 10.9 Å². The Morgan fingerprint density at radius 2 is 2.24 bits per heavy atom. The van der Waals surface area contributed by atoms with Gasteiger partial charge in [0.1, 0.15) is 17.8 Å². The Balaban J connectivity index is 1.60. The van der Waals surface area contributed by atoms with E-state index in [0.717, 1.165) is 41.6 Å². The normalized spacial score (nSPS) is 19.4. The summed E-state index contributed by atoms with van der Waals surface area (Å²) in [6, 6.07) is 2.46. The van der Waals surface area contributed by atoms with Crippen LogP contribution in [0, 0.1) is 0 Å². The Morgan fingerprint density at radius 3 is 3.05 bits per heavy atom. The number of fused-ring (bicyclic) bond motifs is 1. The second-order valence-corrected chi connectivity index (χ2v) is 6.11. The first-order chi connectivity index (χ1) is 10.3. The second kappa shape index (κ2) is 5.00. The van der Waals surface area contributed by atoms with Crippen molar-refractivity contribution in [2.24, 2.45) is 0 Å². The van der Waals surface area contributed by atoms with E-state index < -0.39 is 0 Å². The maximum absolute atomic E-state index is 4.49. The van der Waals surface area contributed by atoms with Gasteiger partial charge in [0.25, 0.3) is 0 Å². The third-order valence-corrected chi connectivity index (χ3v) is 4.73. The van der Waals surface area contributed by atoms with Crippen LogP contribution in [0.2, 0.25) is 0 Å². The number of nitrogens with one attached hydrogen (secondary N) is 1. The maximum Gasteiger partial charge on any atom is 0.185 e. The van der Waals surface area contributed by atoms with Gasteiger partial charge in [0, 0.05) is 43.4 Å². The summed E-state index contributed by atoms with van der Waals surface area (Å²) < 4.78 is 0. The molecule has 7 heteroatoms. The van der Waals surface area contributed by atoms with Crippen LogP contribution in [0.25, 0.3) is 11.0 Å². The zero-order valence-corrected chi connectivity index (χ0v) is 12.5. The summed E-state index contributed by atoms with van der Waals surface area (Å²) in [4.78, 5) is 21.0. The molecule has 1 N–H and O–H groups in total. The molecule has 1 aliphatic heterocycles. The van der Waals surface area contributed by atoms with Crippen LogP contribution in [0.1, 0.15) is 6.92 Å². The third kappa shape index (κ3) is 2.13. The first kappa shape index (κ1) is 12.6. The van der Waals surface area contributed by atoms with Crippen molar-refractivity contribution in [2.45, 2.75) is 13.0 Å². The van der Waals surface area contributed by atoms with Gasteiger partial charge in [0.05, 0.1) is 5.39 Å². The van der Waals surface area contributed by atoms with Gasteiger partial charge in [0.15, 0.2) is 5.13 Å². The number of nitrogens with zero attached hydrogens (tertiary/aromatic N) is 5. The monoisotopic (exact) mass is 300 g/mol. The largest absolute Gasteiger partial charge is 0.352 e. The molecule has 0 amide bonds. The Hall–Kier alpha value is -2.15. The molecule has 1 atom stereocenters. The summed E-state index contributed by atoms with van der Waals surface area (Å²) >= 11 is 1.70. The fraction of sp³-hybridized carbons (Fsp3) is 0.357. The smallest absolute Gasteiger partial charge is 0.185 e. The van der Waals surface area contributed by atoms with E-state index in [2.05, 4.69) is 36.7 Å². The van der Waals surface area contributed by atoms with Crippen molar-refractivity contribution >= 4 is 33.3 Å². The summed E-state index contributed by atoms with van der Waals surface area (Å²) in [6.45, 7) is 5.09. The standard InChI is InChI=1S/C14H16N6S/c1-10-8-19(5-6-20(10)14-16-4-7-21-14)13-11-2-3-15-12(11)17-9-18-13/h2-4,7,9-10H,5-6,8H2,1H3,(H,15,17,18). The van der Waals surface area contributed by atoms with Gasteiger partial charge in [0.2, 0.25) is 0 Å². The lowest BCUT2D eigenvalue weighted by molar-refractivity contribution is 0.547. The molecule has 1 saturated heterocycles. The molecule has 1 fully saturated rings. The number of aromatic nitrogens is 4. The predicted octanol–water partition coefficient (Wildman–Crippen LogP) is 2.13. The lowest BCUT2D eigenvalue weighted by Crippen LogP contribution is -2.52. The van der Waals surface area contributed by atoms with Gasteiger partial charge in [-0.15, -0.1) is 11.3 Å². The zero-order chi connectivity index (χ0) is 14.2. The number of hydrogen-bond acceptors (Lipinski definition) is 6. The van der Waals surface area contributed by atoms with E-state index in [-0.39, 0.29) is 0 Å². The van der Waals surface area contributed by atoms with Crippen LogP contribution < -0.4 is 9.80 Å². The molecule has 0 bridgehead atoms. The molecule has 4 heterocycles. The first-order valence-electron chi connectivity index (χ1n) is 7.02. The quantitative estimate of drug-likeness (QED) is 0.785. The third-order valence-electron chi connectivity index (χ3n) is 3.92. The van der Waals surface area contributed by atoms with Gasteiger partial charge in [-0.3, -0.25) is 0 Å². The van der Waals surface area contributed by atoms with Crippen LogP contribution >= 0.6 is 11.3 Å². The maximum atomic E-state index is 4.49. The van der Waals surface area contributed by atoms with Crippen LogP contribution in [-0.2, 0) is 0 Å². The predicted molar refractivity (Wildman–Crippen MR) is 85.0 cm³/mol. The number of H-pyrrole nitrogens is 1. The van der Waals surface area contributed by atoms with Gasteiger partial charge in [-0.2, -0.15) is 0 Å². The number of piperazine rings is 1. The minimum atomic E-state index is 0.411. The molecule has 6 nitrogen and oxygen atoms in total. The van der Waals surface area contributed by atoms with Crippen molar-refractivity contribution in [1.82, 2.24) is 19.9 Å².